The van der Waals surface area contributed by atoms with Crippen LogP contribution in [0.5, 0.6) is 11.5 Å². The fourth-order valence-electron chi connectivity index (χ4n) is 3.04. The quantitative estimate of drug-likeness (QED) is 0.207. The number of amides is 3. The van der Waals surface area contributed by atoms with E-state index >= 15 is 0 Å². The summed E-state index contributed by atoms with van der Waals surface area (Å²) in [5, 5.41) is 14.0. The van der Waals surface area contributed by atoms with Gasteiger partial charge in [0.1, 0.15) is 11.5 Å². The molecular formula is C21H21N3O9. The second-order valence-electron chi connectivity index (χ2n) is 7.13. The summed E-state index contributed by atoms with van der Waals surface area (Å²) in [7, 11) is 2.53. The van der Waals surface area contributed by atoms with Gasteiger partial charge in [0, 0.05) is 6.07 Å². The molecule has 3 rings (SSSR count). The van der Waals surface area contributed by atoms with Gasteiger partial charge in [0.25, 0.3) is 5.91 Å². The second kappa shape index (κ2) is 9.42. The summed E-state index contributed by atoms with van der Waals surface area (Å²) in [6, 6.07) is 4.75. The molecule has 3 amide bonds. The van der Waals surface area contributed by atoms with Crippen molar-refractivity contribution in [3.63, 3.8) is 0 Å². The van der Waals surface area contributed by atoms with E-state index in [1.807, 2.05) is 0 Å². The van der Waals surface area contributed by atoms with E-state index in [1.165, 1.54) is 44.6 Å². The first-order valence-corrected chi connectivity index (χ1v) is 9.69. The number of nitrogens with zero attached hydrogens (tertiary/aromatic N) is 2. The molecule has 12 nitrogen and oxygen atoms in total. The number of nitrogens with one attached hydrogen (secondary N) is 1. The molecule has 0 atom stereocenters. The molecule has 174 valence electrons. The van der Waals surface area contributed by atoms with Crippen LogP contribution in [0.2, 0.25) is 0 Å². The number of benzene rings is 1. The summed E-state index contributed by atoms with van der Waals surface area (Å²) in [5.74, 6) is -1.20. The monoisotopic (exact) mass is 459 g/mol. The van der Waals surface area contributed by atoms with Gasteiger partial charge < -0.3 is 23.9 Å². The highest BCUT2D eigenvalue weighted by molar-refractivity contribution is 6.13. The van der Waals surface area contributed by atoms with Gasteiger partial charge in [0.2, 0.25) is 11.5 Å². The Hall–Kier alpha value is -4.35. The van der Waals surface area contributed by atoms with Crippen LogP contribution in [0.25, 0.3) is 6.08 Å². The molecule has 1 N–H and O–H groups in total. The van der Waals surface area contributed by atoms with Crippen molar-refractivity contribution in [1.82, 2.24) is 10.2 Å². The van der Waals surface area contributed by atoms with Gasteiger partial charge in [-0.3, -0.25) is 19.8 Å². The number of carbonyl (C=O) groups is 3. The first-order valence-electron chi connectivity index (χ1n) is 9.69. The first-order chi connectivity index (χ1) is 15.6. The second-order valence-corrected chi connectivity index (χ2v) is 7.13. The van der Waals surface area contributed by atoms with Gasteiger partial charge in [-0.15, -0.1) is 0 Å². The molecule has 33 heavy (non-hydrogen) atoms. The first kappa shape index (κ1) is 23.3. The predicted molar refractivity (Wildman–Crippen MR) is 113 cm³/mol. The minimum Gasteiger partial charge on any atom is -0.493 e. The Morgan fingerprint density at radius 3 is 2.61 bits per heavy atom. The topological polar surface area (TPSA) is 150 Å². The molecule has 1 aliphatic rings. The molecule has 12 heteroatoms. The molecule has 0 aliphatic carbocycles. The van der Waals surface area contributed by atoms with Crippen LogP contribution in [0.15, 0.2) is 34.4 Å². The lowest BCUT2D eigenvalue weighted by atomic mass is 10.1. The van der Waals surface area contributed by atoms with Crippen LogP contribution >= 0.6 is 0 Å². The summed E-state index contributed by atoms with van der Waals surface area (Å²) in [6.45, 7) is 3.20. The number of hydrogen-bond acceptors (Lipinski definition) is 9. The van der Waals surface area contributed by atoms with Crippen LogP contribution in [-0.2, 0) is 16.1 Å². The van der Waals surface area contributed by atoms with Crippen molar-refractivity contribution in [2.75, 3.05) is 14.2 Å². The third-order valence-corrected chi connectivity index (χ3v) is 4.46. The van der Waals surface area contributed by atoms with Crippen molar-refractivity contribution in [3.05, 3.63) is 57.2 Å². The summed E-state index contributed by atoms with van der Waals surface area (Å²) in [4.78, 5) is 48.4. The van der Waals surface area contributed by atoms with Crippen molar-refractivity contribution in [2.45, 2.75) is 26.5 Å². The van der Waals surface area contributed by atoms with Crippen molar-refractivity contribution in [3.8, 4) is 11.5 Å². The molecule has 0 unspecified atom stereocenters. The molecule has 1 aromatic carbocycles. The Balaban J connectivity index is 1.89. The van der Waals surface area contributed by atoms with Crippen LogP contribution in [0.4, 0.5) is 10.5 Å². The van der Waals surface area contributed by atoms with Crippen LogP contribution in [0.1, 0.15) is 35.7 Å². The number of nitro groups is 1. The normalized spacial score (nSPS) is 14.6. The summed E-state index contributed by atoms with van der Waals surface area (Å²) in [5.41, 5.74) is -0.214. The van der Waals surface area contributed by atoms with Crippen LogP contribution in [-0.4, -0.2) is 48.1 Å². The van der Waals surface area contributed by atoms with Crippen LogP contribution < -0.4 is 14.8 Å². The smallest absolute Gasteiger partial charge is 0.373 e. The predicted octanol–water partition coefficient (Wildman–Crippen LogP) is 2.86. The largest absolute Gasteiger partial charge is 0.493 e. The van der Waals surface area contributed by atoms with E-state index in [0.29, 0.717) is 0 Å². The number of esters is 1. The van der Waals surface area contributed by atoms with E-state index < -0.39 is 22.8 Å². The molecular weight excluding hydrogens is 438 g/mol. The highest BCUT2D eigenvalue weighted by Crippen LogP contribution is 2.39. The zero-order valence-corrected chi connectivity index (χ0v) is 18.2. The average Bonchev–Trinajstić information content (AvgIpc) is 3.34. The highest BCUT2D eigenvalue weighted by atomic mass is 16.6. The standard InChI is InChI=1S/C21H21N3O9/c1-11(2)32-18-15(24(28)29)8-12(9-17(18)30-3)7-14-19(25)23(21(27)22-14)10-13-5-6-16(33-13)20(26)31-4/h5-9,11H,10H2,1-4H3,(H,22,27). The Morgan fingerprint density at radius 1 is 1.27 bits per heavy atom. The van der Waals surface area contributed by atoms with E-state index in [0.717, 1.165) is 4.90 Å². The average molecular weight is 459 g/mol. The zero-order valence-electron chi connectivity index (χ0n) is 18.2. The fraction of sp³-hybridized carbons (Fsp3) is 0.286. The number of urea groups is 1. The van der Waals surface area contributed by atoms with E-state index in [2.05, 4.69) is 10.1 Å². The Morgan fingerprint density at radius 2 is 2.00 bits per heavy atom. The lowest BCUT2D eigenvalue weighted by molar-refractivity contribution is -0.386. The number of imide groups is 1. The van der Waals surface area contributed by atoms with Gasteiger partial charge >= 0.3 is 17.7 Å². The maximum Gasteiger partial charge on any atom is 0.373 e. The Bertz CT molecular complexity index is 1150. The highest BCUT2D eigenvalue weighted by Gasteiger charge is 2.35. The number of carbonyl (C=O) groups excluding carboxylic acids is 3. The SMILES string of the molecule is COC(=O)c1ccc(CN2C(=O)NC(=Cc3cc(OC)c(OC(C)C)c([N+](=O)[O-])c3)C2=O)o1. The van der Waals surface area contributed by atoms with E-state index in [-0.39, 0.29) is 52.6 Å². The van der Waals surface area contributed by atoms with Gasteiger partial charge in [-0.1, -0.05) is 0 Å². The van der Waals surface area contributed by atoms with Crippen molar-refractivity contribution >= 4 is 29.7 Å². The molecule has 2 heterocycles. The minimum atomic E-state index is -0.719. The number of rotatable bonds is 8. The molecule has 2 aromatic rings. The molecule has 1 fully saturated rings. The van der Waals surface area contributed by atoms with E-state index in [1.54, 1.807) is 13.8 Å². The summed E-state index contributed by atoms with van der Waals surface area (Å²) >= 11 is 0. The van der Waals surface area contributed by atoms with Crippen LogP contribution in [0.3, 0.4) is 0 Å². The van der Waals surface area contributed by atoms with E-state index in [4.69, 9.17) is 13.9 Å². The Kier molecular flexibility index (Phi) is 6.66. The van der Waals surface area contributed by atoms with Crippen molar-refractivity contribution in [2.24, 2.45) is 0 Å². The van der Waals surface area contributed by atoms with Gasteiger partial charge in [0.15, 0.2) is 5.75 Å². The maximum absolute atomic E-state index is 12.8. The van der Waals surface area contributed by atoms with Crippen LogP contribution in [0, 0.1) is 10.1 Å². The number of nitro benzene ring substituents is 1. The van der Waals surface area contributed by atoms with E-state index in [9.17, 15) is 24.5 Å². The van der Waals surface area contributed by atoms with Crippen molar-refractivity contribution < 1.29 is 37.9 Å². The fourth-order valence-corrected chi connectivity index (χ4v) is 3.04. The molecule has 1 saturated heterocycles. The summed E-state index contributed by atoms with van der Waals surface area (Å²) < 4.78 is 20.6. The van der Waals surface area contributed by atoms with Crippen molar-refractivity contribution in [1.29, 1.82) is 0 Å². The number of hydrogen-bond donors (Lipinski definition) is 1. The number of furan rings is 1. The van der Waals surface area contributed by atoms with Gasteiger partial charge in [0.05, 0.1) is 31.8 Å². The molecule has 1 aromatic heterocycles. The third-order valence-electron chi connectivity index (χ3n) is 4.46. The van der Waals surface area contributed by atoms with Gasteiger partial charge in [-0.2, -0.15) is 0 Å². The molecule has 0 bridgehead atoms. The Labute approximate surface area is 187 Å². The molecule has 0 saturated carbocycles. The molecule has 0 spiro atoms. The lowest BCUT2D eigenvalue weighted by Gasteiger charge is -2.14. The molecule has 0 radical (unpaired) electrons. The summed E-state index contributed by atoms with van der Waals surface area (Å²) in [6.07, 6.45) is 0.948. The zero-order chi connectivity index (χ0) is 24.3. The minimum absolute atomic E-state index is 0.0395. The maximum atomic E-state index is 12.8. The van der Waals surface area contributed by atoms with Gasteiger partial charge in [-0.25, -0.2) is 9.59 Å². The lowest BCUT2D eigenvalue weighted by Crippen LogP contribution is -2.30. The number of ether oxygens (including phenoxy) is 3. The third kappa shape index (κ3) is 4.95. The number of methoxy groups -OCH3 is 2. The van der Waals surface area contributed by atoms with Gasteiger partial charge in [-0.05, 0) is 43.7 Å². The molecule has 1 aliphatic heterocycles.